The molecule has 0 saturated carbocycles. The van der Waals surface area contributed by atoms with Gasteiger partial charge < -0.3 is 40.5 Å². The summed E-state index contributed by atoms with van der Waals surface area (Å²) in [4.78, 5) is 48.3. The molecule has 3 aromatic carbocycles. The minimum atomic E-state index is -0.234. The van der Waals surface area contributed by atoms with Crippen molar-refractivity contribution in [2.75, 3.05) is 13.1 Å². The summed E-state index contributed by atoms with van der Waals surface area (Å²) < 4.78 is 0. The van der Waals surface area contributed by atoms with Crippen molar-refractivity contribution in [2.24, 2.45) is 5.92 Å². The molecule has 1 aromatic heterocycles. The first-order chi connectivity index (χ1) is 26.2. The number of nitrogens with one attached hydrogen (secondary N) is 2. The number of aryl methyl sites for hydroxylation is 2. The monoisotopic (exact) mass is 756 g/mol. The second kappa shape index (κ2) is 31.1. The summed E-state index contributed by atoms with van der Waals surface area (Å²) in [6, 6.07) is 27.1. The molecular formula is C45H50Li2N4O4S-4. The van der Waals surface area contributed by atoms with E-state index in [0.29, 0.717) is 36.5 Å². The molecule has 4 aromatic rings. The number of hydrogen-bond donors (Lipinski definition) is 2. The Morgan fingerprint density at radius 1 is 1.00 bits per heavy atom. The van der Waals surface area contributed by atoms with Gasteiger partial charge in [0.05, 0.1) is 17.2 Å². The van der Waals surface area contributed by atoms with E-state index in [0.717, 1.165) is 54.4 Å². The zero-order valence-electron chi connectivity index (χ0n) is 33.5. The van der Waals surface area contributed by atoms with E-state index in [1.807, 2.05) is 55.5 Å². The van der Waals surface area contributed by atoms with Crippen LogP contribution in [0.4, 0.5) is 0 Å². The Balaban J connectivity index is 0.00000160. The minimum absolute atomic E-state index is 0. The van der Waals surface area contributed by atoms with Gasteiger partial charge in [-0.25, -0.2) is 0 Å². The van der Waals surface area contributed by atoms with Crippen LogP contribution in [0.25, 0.3) is 17.2 Å². The fourth-order valence-corrected chi connectivity index (χ4v) is 6.07. The molecule has 11 heteroatoms. The van der Waals surface area contributed by atoms with Crippen molar-refractivity contribution in [1.82, 2.24) is 15.6 Å². The van der Waals surface area contributed by atoms with Gasteiger partial charge in [0.2, 0.25) is 5.91 Å². The van der Waals surface area contributed by atoms with Gasteiger partial charge in [-0.15, -0.1) is 23.0 Å². The molecule has 286 valence electrons. The third-order valence-electron chi connectivity index (χ3n) is 8.33. The van der Waals surface area contributed by atoms with Gasteiger partial charge in [0.15, 0.2) is 0 Å². The molecule has 1 atom stereocenters. The molecule has 8 nitrogen and oxygen atoms in total. The van der Waals surface area contributed by atoms with E-state index in [1.165, 1.54) is 42.5 Å². The number of unbranched alkanes of at least 4 members (excludes halogenated alkanes) is 3. The summed E-state index contributed by atoms with van der Waals surface area (Å²) in [6.45, 7) is 14.8. The van der Waals surface area contributed by atoms with Crippen molar-refractivity contribution < 1.29 is 56.9 Å². The van der Waals surface area contributed by atoms with Gasteiger partial charge in [-0.2, -0.15) is 62.9 Å². The number of aromatic nitrogens is 1. The molecule has 2 amide bonds. The van der Waals surface area contributed by atoms with Crippen molar-refractivity contribution in [1.29, 1.82) is 5.26 Å². The van der Waals surface area contributed by atoms with E-state index in [2.05, 4.69) is 67.1 Å². The molecule has 0 fully saturated rings. The number of hydrogen-bond acceptors (Lipinski definition) is 7. The average Bonchev–Trinajstić information content (AvgIpc) is 3.71. The predicted octanol–water partition coefficient (Wildman–Crippen LogP) is 2.77. The summed E-state index contributed by atoms with van der Waals surface area (Å²) in [5, 5.41) is 16.9. The number of thiazole rings is 1. The smallest absolute Gasteiger partial charge is 0.542 e. The van der Waals surface area contributed by atoms with Crippen molar-refractivity contribution in [3.05, 3.63) is 137 Å². The average molecular weight is 757 g/mol. The maximum atomic E-state index is 13.1. The van der Waals surface area contributed by atoms with Crippen LogP contribution in [0.1, 0.15) is 90.3 Å². The maximum Gasteiger partial charge on any atom is 1.00 e. The Bertz CT molecular complexity index is 1790. The van der Waals surface area contributed by atoms with Gasteiger partial charge >= 0.3 is 37.7 Å². The van der Waals surface area contributed by atoms with Crippen LogP contribution in [-0.4, -0.2) is 42.5 Å². The molecule has 0 saturated heterocycles. The number of carbonyl (C=O) groups excluding carboxylic acids is 4. The normalized spacial score (nSPS) is 10.8. The van der Waals surface area contributed by atoms with E-state index in [-0.39, 0.29) is 66.9 Å². The number of benzene rings is 3. The number of nitriles is 1. The molecule has 2 N–H and O–H groups in total. The van der Waals surface area contributed by atoms with Crippen molar-refractivity contribution in [3.8, 4) is 17.2 Å². The van der Waals surface area contributed by atoms with Crippen LogP contribution < -0.4 is 48.4 Å². The van der Waals surface area contributed by atoms with Crippen LogP contribution in [0.2, 0.25) is 0 Å². The number of carbonyl (C=O) groups is 2. The molecule has 0 radical (unpaired) electrons. The largest absolute Gasteiger partial charge is 1.00 e. The zero-order valence-corrected chi connectivity index (χ0v) is 34.3. The van der Waals surface area contributed by atoms with E-state index in [4.69, 9.17) is 10.1 Å². The van der Waals surface area contributed by atoms with Gasteiger partial charge in [-0.05, 0) is 49.4 Å². The summed E-state index contributed by atoms with van der Waals surface area (Å²) in [6.07, 6.45) is 14.2. The van der Waals surface area contributed by atoms with Gasteiger partial charge in [0, 0.05) is 30.2 Å². The third-order valence-corrected chi connectivity index (χ3v) is 9.05. The van der Waals surface area contributed by atoms with Gasteiger partial charge in [0.25, 0.3) is 5.91 Å². The van der Waals surface area contributed by atoms with Crippen LogP contribution >= 0.6 is 11.3 Å². The Morgan fingerprint density at radius 2 is 1.68 bits per heavy atom. The molecular weight excluding hydrogens is 706 g/mol. The van der Waals surface area contributed by atoms with E-state index >= 15 is 0 Å². The zero-order chi connectivity index (χ0) is 39.6. The van der Waals surface area contributed by atoms with Crippen molar-refractivity contribution in [3.63, 3.8) is 0 Å². The van der Waals surface area contributed by atoms with Crippen LogP contribution in [0.3, 0.4) is 0 Å². The fraction of sp³-hybridized carbons (Fsp3) is 0.311. The molecule has 4 rings (SSSR count). The second-order valence-corrected chi connectivity index (χ2v) is 13.2. The summed E-state index contributed by atoms with van der Waals surface area (Å²) in [5.41, 5.74) is 6.24. The minimum Gasteiger partial charge on any atom is -0.542 e. The molecule has 0 spiro atoms. The number of rotatable bonds is 18. The topological polar surface area (TPSA) is 129 Å². The standard InChI is InChI=1S/C36H44N2O2.C7H3N2OS.C2H3O.2Li/c1-5-8-15-28-16-13-17-32(26-28)30-19-21-31(22-20-30)35(39)37-23-10-9-11-24-38-36(40)34(29(6-2)7-3)33-18-12-14-27(4)25-33;8-4-6(5-10)3-7-9-1-2-11-7;1-2-3;;/h5,12-14,17-22,25-26,29,34H,2-3,6-11,15,23-24H2,1,4H3,(H,37,39)(H,38,40);1-3H;1H3;;/q-4;2*-1;2*+1/b;6-3+;;;. The van der Waals surface area contributed by atoms with Crippen molar-refractivity contribution >= 4 is 41.8 Å². The Labute approximate surface area is 362 Å². The molecule has 1 unspecified atom stereocenters. The van der Waals surface area contributed by atoms with E-state index < -0.39 is 0 Å². The molecule has 56 heavy (non-hydrogen) atoms. The molecule has 0 aliphatic heterocycles. The SMILES string of the molecule is C[C-]=O.N#C/C([C-]=O)=C\c1nccs1.[CH2-]CC(C[CH2-])C(C(=O)NCCCCCNC(=O)c1ccc(-c2cc[c-]c(CC[CH-]C)c2)cc1)c1cccc(C)c1.[Li+].[Li+]. The molecule has 0 aliphatic carbocycles. The predicted molar refractivity (Wildman–Crippen MR) is 218 cm³/mol. The number of allylic oxidation sites excluding steroid dienone is 1. The second-order valence-electron chi connectivity index (χ2n) is 12.3. The summed E-state index contributed by atoms with van der Waals surface area (Å²) >= 11 is 1.36. The van der Waals surface area contributed by atoms with Crippen LogP contribution in [0, 0.1) is 50.5 Å². The fourth-order valence-electron chi connectivity index (χ4n) is 5.50. The third kappa shape index (κ3) is 19.2. The van der Waals surface area contributed by atoms with Crippen LogP contribution in [-0.2, 0) is 20.8 Å². The van der Waals surface area contributed by atoms with Gasteiger partial charge in [-0.3, -0.25) is 26.1 Å². The van der Waals surface area contributed by atoms with Gasteiger partial charge in [-0.1, -0.05) is 65.9 Å². The summed E-state index contributed by atoms with van der Waals surface area (Å²) in [5.74, 6) is -0.139. The maximum absolute atomic E-state index is 13.1. The van der Waals surface area contributed by atoms with Crippen LogP contribution in [0.15, 0.2) is 83.9 Å². The molecule has 0 bridgehead atoms. The Morgan fingerprint density at radius 3 is 2.25 bits per heavy atom. The number of amides is 2. The Kier molecular flexibility index (Phi) is 28.9. The molecule has 1 heterocycles. The van der Waals surface area contributed by atoms with Crippen molar-refractivity contribution in [2.45, 2.75) is 71.6 Å². The van der Waals surface area contributed by atoms with Gasteiger partial charge in [0.1, 0.15) is 0 Å². The quantitative estimate of drug-likeness (QED) is 0.0529. The van der Waals surface area contributed by atoms with Crippen LogP contribution in [0.5, 0.6) is 0 Å². The van der Waals surface area contributed by atoms with E-state index in [1.54, 1.807) is 17.6 Å². The number of nitrogens with zero attached hydrogens (tertiary/aromatic N) is 2. The van der Waals surface area contributed by atoms with E-state index in [9.17, 15) is 14.4 Å². The Hall–Kier alpha value is -4.01. The first-order valence-electron chi connectivity index (χ1n) is 18.0. The first kappa shape index (κ1) is 52.0. The first-order valence-corrected chi connectivity index (χ1v) is 18.9. The summed E-state index contributed by atoms with van der Waals surface area (Å²) in [7, 11) is 0. The molecule has 0 aliphatic rings.